The molecule has 304 valence electrons. The first kappa shape index (κ1) is 46.1. The first-order valence-corrected chi connectivity index (χ1v) is 20.0. The second kappa shape index (κ2) is 25.1. The highest BCUT2D eigenvalue weighted by atomic mass is 19.1. The second-order valence-corrected chi connectivity index (χ2v) is 14.0. The zero-order valence-corrected chi connectivity index (χ0v) is 32.6. The Morgan fingerprint density at radius 3 is 1.85 bits per heavy atom. The van der Waals surface area contributed by atoms with Gasteiger partial charge in [0.05, 0.1) is 19.4 Å². The number of ketones is 1. The summed E-state index contributed by atoms with van der Waals surface area (Å²) in [7, 11) is 0. The molecule has 0 saturated carbocycles. The van der Waals surface area contributed by atoms with Gasteiger partial charge >= 0.3 is 17.8 Å². The number of hydrogen-bond donors (Lipinski definition) is 1. The number of carbonyl (C=O) groups is 3. The minimum absolute atomic E-state index is 0.0604. The van der Waals surface area contributed by atoms with Crippen LogP contribution in [0.5, 0.6) is 0 Å². The third kappa shape index (κ3) is 14.2. The van der Waals surface area contributed by atoms with Gasteiger partial charge in [-0.2, -0.15) is 4.39 Å². The van der Waals surface area contributed by atoms with Crippen LogP contribution in [0.3, 0.4) is 0 Å². The maximum Gasteiger partial charge on any atom is 0.508 e. The van der Waals surface area contributed by atoms with Crippen LogP contribution in [0.4, 0.5) is 9.18 Å². The molecule has 0 radical (unpaired) electrons. The van der Waals surface area contributed by atoms with E-state index in [1.54, 1.807) is 0 Å². The Kier molecular flexibility index (Phi) is 21.8. The van der Waals surface area contributed by atoms with Gasteiger partial charge in [-0.05, 0) is 19.3 Å². The number of rotatable bonds is 29. The number of nitrogens with zero attached hydrogens (tertiary/aromatic N) is 2. The van der Waals surface area contributed by atoms with Crippen molar-refractivity contribution in [3.05, 3.63) is 32.9 Å². The van der Waals surface area contributed by atoms with Crippen LogP contribution in [0.15, 0.2) is 15.8 Å². The summed E-state index contributed by atoms with van der Waals surface area (Å²) in [4.78, 5) is 65.8. The van der Waals surface area contributed by atoms with Crippen molar-refractivity contribution in [3.63, 3.8) is 0 Å². The van der Waals surface area contributed by atoms with Gasteiger partial charge in [0.2, 0.25) is 11.5 Å². The monoisotopic (exact) mass is 756 g/mol. The van der Waals surface area contributed by atoms with Gasteiger partial charge < -0.3 is 28.8 Å². The topological polar surface area (TPSA) is 162 Å². The lowest BCUT2D eigenvalue weighted by molar-refractivity contribution is -0.179. The molecule has 1 N–H and O–H groups in total. The van der Waals surface area contributed by atoms with Crippen LogP contribution in [0, 0.1) is 5.82 Å². The van der Waals surface area contributed by atoms with Crippen molar-refractivity contribution in [1.29, 1.82) is 0 Å². The van der Waals surface area contributed by atoms with Gasteiger partial charge in [0.1, 0.15) is 19.4 Å². The predicted octanol–water partition coefficient (Wildman–Crippen LogP) is 7.05. The number of halogens is 1. The molecular formula is C39H65FN2O11. The maximum absolute atomic E-state index is 15.2. The quantitative estimate of drug-likeness (QED) is 0.0659. The highest BCUT2D eigenvalue weighted by molar-refractivity contribution is 5.89. The molecule has 53 heavy (non-hydrogen) atoms. The number of unbranched alkanes of at least 4 members (excludes halogenated alkanes) is 15. The summed E-state index contributed by atoms with van der Waals surface area (Å²) in [6.45, 7) is 6.32. The lowest BCUT2D eigenvalue weighted by Crippen LogP contribution is -2.54. The highest BCUT2D eigenvalue weighted by Gasteiger charge is 2.64. The Bertz CT molecular complexity index is 1370. The van der Waals surface area contributed by atoms with E-state index < -0.39 is 72.2 Å². The molecule has 1 aromatic heterocycles. The van der Waals surface area contributed by atoms with Crippen molar-refractivity contribution in [3.8, 4) is 0 Å². The minimum atomic E-state index is -2.61. The van der Waals surface area contributed by atoms with Crippen molar-refractivity contribution < 1.29 is 47.6 Å². The van der Waals surface area contributed by atoms with Crippen molar-refractivity contribution >= 4 is 17.9 Å². The summed E-state index contributed by atoms with van der Waals surface area (Å²) in [5.41, 5.74) is -7.49. The van der Waals surface area contributed by atoms with E-state index in [0.717, 1.165) is 25.7 Å². The van der Waals surface area contributed by atoms with Crippen LogP contribution in [-0.4, -0.2) is 70.3 Å². The Labute approximate surface area is 313 Å². The number of aromatic nitrogens is 2. The molecule has 13 nitrogen and oxygen atoms in total. The van der Waals surface area contributed by atoms with E-state index in [1.165, 1.54) is 71.1 Å². The Morgan fingerprint density at radius 1 is 0.774 bits per heavy atom. The molecule has 1 aliphatic heterocycles. The van der Waals surface area contributed by atoms with Crippen LogP contribution in [0.25, 0.3) is 0 Å². The molecular weight excluding hydrogens is 691 g/mol. The molecule has 0 aromatic carbocycles. The average Bonchev–Trinajstić information content (AvgIpc) is 3.46. The Balaban J connectivity index is 2.11. The Morgan fingerprint density at radius 2 is 1.30 bits per heavy atom. The molecule has 0 amide bonds. The predicted molar refractivity (Wildman–Crippen MR) is 197 cm³/mol. The molecule has 2 heterocycles. The van der Waals surface area contributed by atoms with Crippen LogP contribution >= 0.6 is 0 Å². The zero-order chi connectivity index (χ0) is 39.1. The van der Waals surface area contributed by atoms with Gasteiger partial charge in [-0.15, -0.1) is 0 Å². The van der Waals surface area contributed by atoms with E-state index in [1.807, 2.05) is 13.8 Å². The summed E-state index contributed by atoms with van der Waals surface area (Å²) in [5.74, 6) is -3.37. The summed E-state index contributed by atoms with van der Waals surface area (Å²) >= 11 is 0. The fourth-order valence-corrected chi connectivity index (χ4v) is 6.36. The van der Waals surface area contributed by atoms with E-state index >= 15 is 4.39 Å². The molecule has 0 unspecified atom stereocenters. The molecule has 1 aromatic rings. The molecule has 2 rings (SSSR count). The van der Waals surface area contributed by atoms with E-state index in [2.05, 4.69) is 6.92 Å². The van der Waals surface area contributed by atoms with Crippen molar-refractivity contribution in [2.75, 3.05) is 26.4 Å². The fourth-order valence-electron chi connectivity index (χ4n) is 6.36. The fraction of sp³-hybridized carbons (Fsp3) is 0.821. The van der Waals surface area contributed by atoms with Crippen LogP contribution in [-0.2, 0) is 45.7 Å². The first-order valence-electron chi connectivity index (χ1n) is 20.0. The summed E-state index contributed by atoms with van der Waals surface area (Å²) in [6, 6.07) is 0. The van der Waals surface area contributed by atoms with Gasteiger partial charge in [-0.25, -0.2) is 19.0 Å². The maximum atomic E-state index is 15.2. The third-order valence-corrected chi connectivity index (χ3v) is 9.67. The number of Topliss-reactive ketones (excluding diaryl/α,β-unsaturated/α-hetero) is 1. The van der Waals surface area contributed by atoms with Gasteiger partial charge in [-0.1, -0.05) is 124 Å². The first-order chi connectivity index (χ1) is 25.5. The van der Waals surface area contributed by atoms with Crippen LogP contribution in [0.2, 0.25) is 0 Å². The molecule has 0 bridgehead atoms. The normalized spacial score (nSPS) is 19.7. The molecule has 0 spiro atoms. The molecule has 0 aliphatic carbocycles. The van der Waals surface area contributed by atoms with E-state index in [4.69, 9.17) is 23.7 Å². The van der Waals surface area contributed by atoms with Crippen LogP contribution < -0.4 is 11.2 Å². The van der Waals surface area contributed by atoms with Crippen LogP contribution in [0.1, 0.15) is 156 Å². The van der Waals surface area contributed by atoms with Crippen molar-refractivity contribution in [2.45, 2.75) is 180 Å². The van der Waals surface area contributed by atoms with Gasteiger partial charge in [0.25, 0.3) is 5.56 Å². The standard InChI is InChI=1S/C39H65FN2O11/c1-5-9-12-13-14-15-16-17-18-19-20-21-22-23-24-49-30-41-34(44)31(40)27-42(36(41)46)39(32(43)8-4)29-38(48,35(45)50-25-10-6-2)33(53-39)28-52-37(47)51-26-11-7-3/h27,33,48H,5-26,28-30H2,1-4H3/t33-,38+,39+/m1/s1. The molecule has 3 atom stereocenters. The number of carbonyl (C=O) groups excluding carboxylic acids is 3. The van der Waals surface area contributed by atoms with E-state index in [0.29, 0.717) is 41.0 Å². The summed E-state index contributed by atoms with van der Waals surface area (Å²) in [6.07, 6.45) is 15.6. The zero-order valence-electron chi connectivity index (χ0n) is 32.6. The van der Waals surface area contributed by atoms with Gasteiger partial charge in [-0.3, -0.25) is 14.2 Å². The average molecular weight is 757 g/mol. The molecule has 1 aliphatic rings. The summed E-state index contributed by atoms with van der Waals surface area (Å²) in [5, 5.41) is 11.7. The smallest absolute Gasteiger partial charge is 0.463 e. The lowest BCUT2D eigenvalue weighted by Gasteiger charge is -2.30. The number of ether oxygens (including phenoxy) is 5. The number of hydrogen-bond acceptors (Lipinski definition) is 11. The Hall–Kier alpha value is -3.10. The van der Waals surface area contributed by atoms with Gasteiger partial charge in [0, 0.05) is 19.4 Å². The third-order valence-electron chi connectivity index (χ3n) is 9.67. The minimum Gasteiger partial charge on any atom is -0.463 e. The van der Waals surface area contributed by atoms with Crippen molar-refractivity contribution in [1.82, 2.24) is 9.13 Å². The number of aliphatic hydroxyl groups is 1. The molecule has 1 saturated heterocycles. The second-order valence-electron chi connectivity index (χ2n) is 14.0. The SMILES string of the molecule is CCCCCCCCCCCCCCCCOCn1c(=O)c(F)cn([C@@]2(C(=O)CC)C[C@@](O)(C(=O)OCCCC)[C@@H](COC(=O)OCCCC)O2)c1=O. The van der Waals surface area contributed by atoms with E-state index in [-0.39, 0.29) is 26.2 Å². The number of esters is 1. The molecule has 1 fully saturated rings. The summed E-state index contributed by atoms with van der Waals surface area (Å²) < 4.78 is 43.3. The van der Waals surface area contributed by atoms with Gasteiger partial charge in [0.15, 0.2) is 11.4 Å². The van der Waals surface area contributed by atoms with E-state index in [9.17, 15) is 29.1 Å². The lowest BCUT2D eigenvalue weighted by atomic mass is 9.89. The largest absolute Gasteiger partial charge is 0.508 e. The highest BCUT2D eigenvalue weighted by Crippen LogP contribution is 2.43. The molecule has 14 heteroatoms. The van der Waals surface area contributed by atoms with Crippen molar-refractivity contribution in [2.24, 2.45) is 0 Å².